The van der Waals surface area contributed by atoms with Gasteiger partial charge in [-0.3, -0.25) is 4.79 Å². The van der Waals surface area contributed by atoms with Gasteiger partial charge in [-0.2, -0.15) is 0 Å². The molecule has 4 rings (SSSR count). The molecule has 0 aliphatic carbocycles. The van der Waals surface area contributed by atoms with Gasteiger partial charge in [0.25, 0.3) is 0 Å². The number of rotatable bonds is 6. The number of amides is 1. The van der Waals surface area contributed by atoms with E-state index in [0.29, 0.717) is 11.9 Å². The molecular formula is C25H40N4O. The summed E-state index contributed by atoms with van der Waals surface area (Å²) in [6, 6.07) is 11.9. The van der Waals surface area contributed by atoms with E-state index in [0.717, 1.165) is 51.6 Å². The summed E-state index contributed by atoms with van der Waals surface area (Å²) in [5.41, 5.74) is 1.46. The standard InChI is InChI=1S/C25H40N4O/c1-21-20-26-13-19-29(21)25(30)23-9-17-28(18-10-23)24-11-15-27(16-12-24)14-5-8-22-6-3-2-4-7-22/h2-4,6-7,21,23-24,26H,5,8-20H2,1H3/t21-/m0/s1. The first-order chi connectivity index (χ1) is 14.7. The molecular weight excluding hydrogens is 372 g/mol. The van der Waals surface area contributed by atoms with Crippen LogP contribution in [0.1, 0.15) is 44.6 Å². The number of benzene rings is 1. The fraction of sp³-hybridized carbons (Fsp3) is 0.720. The minimum absolute atomic E-state index is 0.250. The minimum Gasteiger partial charge on any atom is -0.337 e. The maximum absolute atomic E-state index is 13.0. The third-order valence-corrected chi connectivity index (χ3v) is 7.52. The average Bonchev–Trinajstić information content (AvgIpc) is 2.80. The van der Waals surface area contributed by atoms with Crippen LogP contribution in [-0.2, 0) is 11.2 Å². The van der Waals surface area contributed by atoms with Crippen molar-refractivity contribution in [3.63, 3.8) is 0 Å². The van der Waals surface area contributed by atoms with Crippen molar-refractivity contribution in [2.45, 2.75) is 57.5 Å². The minimum atomic E-state index is 0.250. The van der Waals surface area contributed by atoms with Crippen molar-refractivity contribution in [2.24, 2.45) is 5.92 Å². The lowest BCUT2D eigenvalue weighted by atomic mass is 9.91. The zero-order valence-corrected chi connectivity index (χ0v) is 18.8. The molecule has 3 aliphatic heterocycles. The molecule has 3 heterocycles. The fourth-order valence-corrected chi connectivity index (χ4v) is 5.57. The van der Waals surface area contributed by atoms with Gasteiger partial charge in [0.05, 0.1) is 0 Å². The number of carbonyl (C=O) groups excluding carboxylic acids is 1. The summed E-state index contributed by atoms with van der Waals surface area (Å²) in [7, 11) is 0. The number of likely N-dealkylation sites (tertiary alicyclic amines) is 2. The summed E-state index contributed by atoms with van der Waals surface area (Å²) in [6.45, 7) is 10.8. The van der Waals surface area contributed by atoms with E-state index in [9.17, 15) is 4.79 Å². The van der Waals surface area contributed by atoms with Gasteiger partial charge in [-0.05, 0) is 83.7 Å². The molecule has 1 N–H and O–H groups in total. The summed E-state index contributed by atoms with van der Waals surface area (Å²) in [5, 5.41) is 3.39. The second-order valence-corrected chi connectivity index (χ2v) is 9.56. The van der Waals surface area contributed by atoms with E-state index in [-0.39, 0.29) is 5.92 Å². The number of carbonyl (C=O) groups is 1. The van der Waals surface area contributed by atoms with Gasteiger partial charge in [-0.25, -0.2) is 0 Å². The molecule has 5 heteroatoms. The highest BCUT2D eigenvalue weighted by Crippen LogP contribution is 2.26. The second kappa shape index (κ2) is 10.7. The van der Waals surface area contributed by atoms with E-state index in [2.05, 4.69) is 57.3 Å². The number of piperazine rings is 1. The number of hydrogen-bond donors (Lipinski definition) is 1. The topological polar surface area (TPSA) is 38.8 Å². The number of piperidine rings is 2. The van der Waals surface area contributed by atoms with Crippen LogP contribution in [0.2, 0.25) is 0 Å². The average molecular weight is 413 g/mol. The predicted octanol–water partition coefficient (Wildman–Crippen LogP) is 2.62. The molecule has 1 atom stereocenters. The van der Waals surface area contributed by atoms with E-state index >= 15 is 0 Å². The van der Waals surface area contributed by atoms with E-state index in [1.807, 2.05) is 0 Å². The van der Waals surface area contributed by atoms with Gasteiger partial charge < -0.3 is 20.0 Å². The maximum Gasteiger partial charge on any atom is 0.226 e. The van der Waals surface area contributed by atoms with Gasteiger partial charge in [0.1, 0.15) is 0 Å². The first-order valence-corrected chi connectivity index (χ1v) is 12.2. The van der Waals surface area contributed by atoms with Crippen molar-refractivity contribution in [3.05, 3.63) is 35.9 Å². The van der Waals surface area contributed by atoms with Crippen molar-refractivity contribution in [1.29, 1.82) is 0 Å². The van der Waals surface area contributed by atoms with Crippen LogP contribution in [0.15, 0.2) is 30.3 Å². The SMILES string of the molecule is C[C@H]1CNCCN1C(=O)C1CCN(C2CCN(CCCc3ccccc3)CC2)CC1. The summed E-state index contributed by atoms with van der Waals surface area (Å²) in [4.78, 5) is 20.4. The van der Waals surface area contributed by atoms with Crippen LogP contribution >= 0.6 is 0 Å². The van der Waals surface area contributed by atoms with Crippen molar-refractivity contribution < 1.29 is 4.79 Å². The fourth-order valence-electron chi connectivity index (χ4n) is 5.57. The molecule has 30 heavy (non-hydrogen) atoms. The van der Waals surface area contributed by atoms with Gasteiger partial charge in [0.2, 0.25) is 5.91 Å². The Balaban J connectivity index is 1.14. The van der Waals surface area contributed by atoms with Crippen LogP contribution in [0.5, 0.6) is 0 Å². The Morgan fingerprint density at radius 2 is 1.73 bits per heavy atom. The lowest BCUT2D eigenvalue weighted by Crippen LogP contribution is -2.55. The third kappa shape index (κ3) is 5.63. The van der Waals surface area contributed by atoms with E-state index in [1.54, 1.807) is 0 Å². The van der Waals surface area contributed by atoms with Gasteiger partial charge in [0.15, 0.2) is 0 Å². The Labute approximate surface area is 182 Å². The Kier molecular flexibility index (Phi) is 7.80. The van der Waals surface area contributed by atoms with Crippen LogP contribution in [0, 0.1) is 5.92 Å². The zero-order valence-electron chi connectivity index (χ0n) is 18.8. The first-order valence-electron chi connectivity index (χ1n) is 12.2. The van der Waals surface area contributed by atoms with Crippen molar-refractivity contribution in [2.75, 3.05) is 52.4 Å². The number of aryl methyl sites for hydroxylation is 1. The highest BCUT2D eigenvalue weighted by molar-refractivity contribution is 5.79. The van der Waals surface area contributed by atoms with Crippen LogP contribution < -0.4 is 5.32 Å². The van der Waals surface area contributed by atoms with E-state index in [1.165, 1.54) is 50.9 Å². The smallest absolute Gasteiger partial charge is 0.226 e. The second-order valence-electron chi connectivity index (χ2n) is 9.56. The highest BCUT2D eigenvalue weighted by atomic mass is 16.2. The summed E-state index contributed by atoms with van der Waals surface area (Å²) in [6.07, 6.45) is 7.12. The van der Waals surface area contributed by atoms with Gasteiger partial charge >= 0.3 is 0 Å². The molecule has 0 unspecified atom stereocenters. The molecule has 3 aliphatic rings. The van der Waals surface area contributed by atoms with E-state index in [4.69, 9.17) is 0 Å². The lowest BCUT2D eigenvalue weighted by molar-refractivity contribution is -0.140. The first kappa shape index (κ1) is 21.8. The number of nitrogens with zero attached hydrogens (tertiary/aromatic N) is 3. The Hall–Kier alpha value is -1.43. The number of hydrogen-bond acceptors (Lipinski definition) is 4. The molecule has 0 radical (unpaired) electrons. The largest absolute Gasteiger partial charge is 0.337 e. The lowest BCUT2D eigenvalue weighted by Gasteiger charge is -2.43. The van der Waals surface area contributed by atoms with Crippen LogP contribution in [-0.4, -0.2) is 85.0 Å². The predicted molar refractivity (Wildman–Crippen MR) is 123 cm³/mol. The number of nitrogens with one attached hydrogen (secondary N) is 1. The van der Waals surface area contributed by atoms with Crippen molar-refractivity contribution >= 4 is 5.91 Å². The maximum atomic E-state index is 13.0. The van der Waals surface area contributed by atoms with E-state index < -0.39 is 0 Å². The van der Waals surface area contributed by atoms with Crippen molar-refractivity contribution in [3.8, 4) is 0 Å². The summed E-state index contributed by atoms with van der Waals surface area (Å²) in [5.74, 6) is 0.664. The highest BCUT2D eigenvalue weighted by Gasteiger charge is 2.34. The summed E-state index contributed by atoms with van der Waals surface area (Å²) < 4.78 is 0. The molecule has 3 fully saturated rings. The third-order valence-electron chi connectivity index (χ3n) is 7.52. The van der Waals surface area contributed by atoms with Gasteiger partial charge in [-0.1, -0.05) is 30.3 Å². The zero-order chi connectivity index (χ0) is 20.8. The molecule has 0 spiro atoms. The molecule has 166 valence electrons. The molecule has 0 aromatic heterocycles. The molecule has 1 aromatic carbocycles. The van der Waals surface area contributed by atoms with Crippen LogP contribution in [0.3, 0.4) is 0 Å². The van der Waals surface area contributed by atoms with Crippen molar-refractivity contribution in [1.82, 2.24) is 20.0 Å². The molecule has 0 bridgehead atoms. The molecule has 3 saturated heterocycles. The molecule has 1 aromatic rings. The van der Waals surface area contributed by atoms with Gasteiger partial charge in [0, 0.05) is 37.6 Å². The Bertz CT molecular complexity index is 650. The quantitative estimate of drug-likeness (QED) is 0.780. The van der Waals surface area contributed by atoms with Crippen LogP contribution in [0.25, 0.3) is 0 Å². The molecule has 0 saturated carbocycles. The summed E-state index contributed by atoms with van der Waals surface area (Å²) >= 11 is 0. The molecule has 5 nitrogen and oxygen atoms in total. The Morgan fingerprint density at radius 3 is 2.43 bits per heavy atom. The monoisotopic (exact) mass is 412 g/mol. The molecule has 1 amide bonds. The van der Waals surface area contributed by atoms with Gasteiger partial charge in [-0.15, -0.1) is 0 Å². The van der Waals surface area contributed by atoms with Crippen LogP contribution in [0.4, 0.5) is 0 Å². The Morgan fingerprint density at radius 1 is 1.00 bits per heavy atom. The normalized spacial score (nSPS) is 25.5.